The Morgan fingerprint density at radius 2 is 1.95 bits per heavy atom. The van der Waals surface area contributed by atoms with Crippen LogP contribution in [-0.4, -0.2) is 28.7 Å². The van der Waals surface area contributed by atoms with Crippen LogP contribution in [0, 0.1) is 11.3 Å². The second kappa shape index (κ2) is 6.00. The summed E-state index contributed by atoms with van der Waals surface area (Å²) < 4.78 is 1.25. The number of hydrogen-bond donors (Lipinski definition) is 0. The lowest BCUT2D eigenvalue weighted by molar-refractivity contribution is -0.127. The molecule has 0 aliphatic carbocycles. The predicted molar refractivity (Wildman–Crippen MR) is 83.6 cm³/mol. The van der Waals surface area contributed by atoms with E-state index in [0.717, 1.165) is 37.5 Å². The Hall–Kier alpha value is -1.65. The number of piperidine rings is 1. The van der Waals surface area contributed by atoms with E-state index in [2.05, 4.69) is 16.9 Å². The van der Waals surface area contributed by atoms with Crippen molar-refractivity contribution in [2.45, 2.75) is 47.1 Å². The van der Waals surface area contributed by atoms with Gasteiger partial charge in [-0.2, -0.15) is 5.10 Å². The minimum atomic E-state index is -0.456. The predicted octanol–water partition coefficient (Wildman–Crippen LogP) is 2.09. The molecule has 2 heterocycles. The lowest BCUT2D eigenvalue weighted by atomic mass is 9.91. The number of nitrogens with zero attached hydrogens (tertiary/aromatic N) is 3. The zero-order valence-corrected chi connectivity index (χ0v) is 13.4. The van der Waals surface area contributed by atoms with Crippen LogP contribution in [0.1, 0.15) is 40.5 Å². The molecule has 0 atom stereocenters. The van der Waals surface area contributed by atoms with E-state index in [1.54, 1.807) is 12.3 Å². The molecule has 1 aromatic rings. The fraction of sp³-hybridized carbons (Fsp3) is 0.688. The highest BCUT2D eigenvalue weighted by molar-refractivity contribution is 5.83. The summed E-state index contributed by atoms with van der Waals surface area (Å²) in [6.45, 7) is 9.78. The van der Waals surface area contributed by atoms with Gasteiger partial charge in [-0.05, 0) is 18.8 Å². The zero-order valence-electron chi connectivity index (χ0n) is 13.4. The molecule has 2 rings (SSSR count). The van der Waals surface area contributed by atoms with Gasteiger partial charge in [0.15, 0.2) is 5.78 Å². The smallest absolute Gasteiger partial charge is 0.269 e. The maximum absolute atomic E-state index is 12.1. The van der Waals surface area contributed by atoms with Crippen LogP contribution in [-0.2, 0) is 11.3 Å². The standard InChI is InChI=1S/C16H25N3O2/c1-12-5-7-18(8-6-12)13-9-15(21)19(17-10-13)11-14(20)16(2,3)4/h9-10,12H,5-8,11H2,1-4H3. The molecule has 1 aromatic heterocycles. The summed E-state index contributed by atoms with van der Waals surface area (Å²) in [6, 6.07) is 1.60. The number of carbonyl (C=O) groups is 1. The molecule has 1 saturated heterocycles. The van der Waals surface area contributed by atoms with Gasteiger partial charge in [-0.3, -0.25) is 9.59 Å². The lowest BCUT2D eigenvalue weighted by Crippen LogP contribution is -2.36. The normalized spacial score (nSPS) is 17.0. The quantitative estimate of drug-likeness (QED) is 0.855. The van der Waals surface area contributed by atoms with Crippen LogP contribution < -0.4 is 10.5 Å². The Morgan fingerprint density at radius 1 is 1.33 bits per heavy atom. The molecule has 116 valence electrons. The Morgan fingerprint density at radius 3 is 2.48 bits per heavy atom. The molecule has 5 nitrogen and oxygen atoms in total. The van der Waals surface area contributed by atoms with Gasteiger partial charge >= 0.3 is 0 Å². The van der Waals surface area contributed by atoms with Crippen molar-refractivity contribution >= 4 is 11.5 Å². The minimum Gasteiger partial charge on any atom is -0.370 e. The number of hydrogen-bond acceptors (Lipinski definition) is 4. The molecule has 0 bridgehead atoms. The Balaban J connectivity index is 2.11. The van der Waals surface area contributed by atoms with Gasteiger partial charge in [0.2, 0.25) is 0 Å². The monoisotopic (exact) mass is 291 g/mol. The minimum absolute atomic E-state index is 0.0108. The zero-order chi connectivity index (χ0) is 15.6. The highest BCUT2D eigenvalue weighted by Crippen LogP contribution is 2.21. The van der Waals surface area contributed by atoms with Gasteiger partial charge in [-0.1, -0.05) is 27.7 Å². The molecule has 1 fully saturated rings. The Labute approximate surface area is 126 Å². The maximum atomic E-state index is 12.1. The molecule has 0 radical (unpaired) electrons. The SMILES string of the molecule is CC1CCN(c2cnn(CC(=O)C(C)(C)C)c(=O)c2)CC1. The summed E-state index contributed by atoms with van der Waals surface area (Å²) in [6.07, 6.45) is 3.99. The average Bonchev–Trinajstić information content (AvgIpc) is 2.41. The van der Waals surface area contributed by atoms with E-state index in [9.17, 15) is 9.59 Å². The van der Waals surface area contributed by atoms with Crippen LogP contribution in [0.5, 0.6) is 0 Å². The van der Waals surface area contributed by atoms with Gasteiger partial charge in [0.1, 0.15) is 6.54 Å². The summed E-state index contributed by atoms with van der Waals surface area (Å²) in [5.41, 5.74) is 0.207. The third-order valence-electron chi connectivity index (χ3n) is 4.13. The summed E-state index contributed by atoms with van der Waals surface area (Å²) >= 11 is 0. The van der Waals surface area contributed by atoms with E-state index >= 15 is 0 Å². The van der Waals surface area contributed by atoms with Gasteiger partial charge in [0, 0.05) is 24.6 Å². The molecule has 0 N–H and O–H groups in total. The number of Topliss-reactive ketones (excluding diaryl/α,β-unsaturated/α-hetero) is 1. The highest BCUT2D eigenvalue weighted by atomic mass is 16.1. The summed E-state index contributed by atoms with van der Waals surface area (Å²) in [7, 11) is 0. The highest BCUT2D eigenvalue weighted by Gasteiger charge is 2.22. The van der Waals surface area contributed by atoms with E-state index < -0.39 is 5.41 Å². The average molecular weight is 291 g/mol. The molecule has 5 heteroatoms. The van der Waals surface area contributed by atoms with Gasteiger partial charge in [-0.15, -0.1) is 0 Å². The van der Waals surface area contributed by atoms with Crippen LogP contribution >= 0.6 is 0 Å². The van der Waals surface area contributed by atoms with Gasteiger partial charge in [-0.25, -0.2) is 4.68 Å². The molecule has 0 amide bonds. The van der Waals surface area contributed by atoms with Crippen molar-refractivity contribution in [2.75, 3.05) is 18.0 Å². The van der Waals surface area contributed by atoms with E-state index in [-0.39, 0.29) is 17.9 Å². The van der Waals surface area contributed by atoms with Crippen molar-refractivity contribution in [3.8, 4) is 0 Å². The number of rotatable bonds is 3. The molecule has 0 saturated carbocycles. The van der Waals surface area contributed by atoms with Crippen LogP contribution in [0.25, 0.3) is 0 Å². The fourth-order valence-electron chi connectivity index (χ4n) is 2.36. The van der Waals surface area contributed by atoms with E-state index in [4.69, 9.17) is 0 Å². The second-order valence-electron chi connectivity index (χ2n) is 7.05. The molecule has 0 aromatic carbocycles. The summed E-state index contributed by atoms with van der Waals surface area (Å²) in [5, 5.41) is 4.17. The first-order valence-electron chi connectivity index (χ1n) is 7.63. The summed E-state index contributed by atoms with van der Waals surface area (Å²) in [5.74, 6) is 0.760. The number of aromatic nitrogens is 2. The van der Waals surface area contributed by atoms with Gasteiger partial charge in [0.05, 0.1) is 11.9 Å². The van der Waals surface area contributed by atoms with Gasteiger partial charge < -0.3 is 4.90 Å². The van der Waals surface area contributed by atoms with Crippen molar-refractivity contribution in [3.05, 3.63) is 22.6 Å². The first-order valence-corrected chi connectivity index (χ1v) is 7.63. The van der Waals surface area contributed by atoms with E-state index in [1.165, 1.54) is 4.68 Å². The second-order valence-corrected chi connectivity index (χ2v) is 7.05. The molecular weight excluding hydrogens is 266 g/mol. The Bertz CT molecular complexity index is 564. The van der Waals surface area contributed by atoms with Crippen molar-refractivity contribution in [2.24, 2.45) is 11.3 Å². The summed E-state index contributed by atoms with van der Waals surface area (Å²) in [4.78, 5) is 26.3. The van der Waals surface area contributed by atoms with Crippen molar-refractivity contribution in [1.82, 2.24) is 9.78 Å². The van der Waals surface area contributed by atoms with E-state index in [1.807, 2.05) is 20.8 Å². The lowest BCUT2D eigenvalue weighted by Gasteiger charge is -2.31. The van der Waals surface area contributed by atoms with Crippen LogP contribution in [0.3, 0.4) is 0 Å². The topological polar surface area (TPSA) is 55.2 Å². The number of ketones is 1. The molecular formula is C16H25N3O2. The molecule has 21 heavy (non-hydrogen) atoms. The van der Waals surface area contributed by atoms with Crippen molar-refractivity contribution in [3.63, 3.8) is 0 Å². The largest absolute Gasteiger partial charge is 0.370 e. The maximum Gasteiger partial charge on any atom is 0.269 e. The van der Waals surface area contributed by atoms with Crippen LogP contribution in [0.4, 0.5) is 5.69 Å². The molecule has 1 aliphatic heterocycles. The molecule has 0 unspecified atom stereocenters. The van der Waals surface area contributed by atoms with Gasteiger partial charge in [0.25, 0.3) is 5.56 Å². The first-order chi connectivity index (χ1) is 9.77. The van der Waals surface area contributed by atoms with E-state index in [0.29, 0.717) is 0 Å². The Kier molecular flexibility index (Phi) is 4.49. The van der Waals surface area contributed by atoms with Crippen LogP contribution in [0.15, 0.2) is 17.1 Å². The van der Waals surface area contributed by atoms with Crippen molar-refractivity contribution in [1.29, 1.82) is 0 Å². The molecule has 0 spiro atoms. The molecule has 1 aliphatic rings. The number of anilines is 1. The van der Waals surface area contributed by atoms with Crippen LogP contribution in [0.2, 0.25) is 0 Å². The third-order valence-corrected chi connectivity index (χ3v) is 4.13. The van der Waals surface area contributed by atoms with Crippen molar-refractivity contribution < 1.29 is 4.79 Å². The fourth-order valence-corrected chi connectivity index (χ4v) is 2.36. The number of carbonyl (C=O) groups excluding carboxylic acids is 1. The third kappa shape index (κ3) is 3.93. The first kappa shape index (κ1) is 15.7.